The van der Waals surface area contributed by atoms with Crippen LogP contribution in [0, 0.1) is 0 Å². The van der Waals surface area contributed by atoms with E-state index in [0.717, 1.165) is 61.6 Å². The molecule has 4 heterocycles. The maximum Gasteiger partial charge on any atom is 0.243 e. The van der Waals surface area contributed by atoms with E-state index in [2.05, 4.69) is 0 Å². The Morgan fingerprint density at radius 1 is 1.08 bits per heavy atom. The van der Waals surface area contributed by atoms with Crippen LogP contribution in [0.2, 0.25) is 5.02 Å². The molecule has 6 rings (SSSR count). The summed E-state index contributed by atoms with van der Waals surface area (Å²) in [6, 6.07) is 4.61. The first-order chi connectivity index (χ1) is 17.5. The van der Waals surface area contributed by atoms with Crippen molar-refractivity contribution in [3.63, 3.8) is 0 Å². The maximum atomic E-state index is 13.1. The fraction of sp³-hybridized carbons (Fsp3) is 0.500. The number of halogens is 1. The van der Waals surface area contributed by atoms with Crippen LogP contribution in [-0.4, -0.2) is 75.3 Å². The number of quaternary nitrogens is 1. The summed E-state index contributed by atoms with van der Waals surface area (Å²) < 4.78 is 44.6. The molecule has 0 atom stereocenters. The molecule has 0 spiro atoms. The van der Waals surface area contributed by atoms with Crippen LogP contribution < -0.4 is 9.64 Å². The highest BCUT2D eigenvalue weighted by atomic mass is 35.5. The minimum atomic E-state index is -3.65. The Labute approximate surface area is 219 Å². The third kappa shape index (κ3) is 4.73. The van der Waals surface area contributed by atoms with E-state index in [1.54, 1.807) is 23.5 Å². The second kappa shape index (κ2) is 10.1. The first-order valence-corrected chi connectivity index (χ1v) is 14.9. The Hall–Kier alpha value is -1.86. The molecule has 36 heavy (non-hydrogen) atoms. The fourth-order valence-electron chi connectivity index (χ4n) is 4.98. The molecule has 12 heteroatoms. The molecule has 3 aliphatic rings. The van der Waals surface area contributed by atoms with Gasteiger partial charge in [-0.25, -0.2) is 13.4 Å². The molecule has 192 valence electrons. The summed E-state index contributed by atoms with van der Waals surface area (Å²) >= 11 is 8.29. The van der Waals surface area contributed by atoms with Crippen molar-refractivity contribution in [3.05, 3.63) is 39.5 Å². The molecule has 1 aromatic carbocycles. The van der Waals surface area contributed by atoms with Crippen LogP contribution in [0.4, 0.5) is 0 Å². The lowest BCUT2D eigenvalue weighted by molar-refractivity contribution is -0.922. The molecule has 9 nitrogen and oxygen atoms in total. The number of aromatic nitrogens is 2. The molecule has 0 unspecified atom stereocenters. The minimum Gasteiger partial charge on any atom is -0.437 e. The summed E-state index contributed by atoms with van der Waals surface area (Å²) in [7, 11) is -3.65. The third-order valence-electron chi connectivity index (χ3n) is 6.90. The van der Waals surface area contributed by atoms with Crippen molar-refractivity contribution in [2.75, 3.05) is 52.6 Å². The minimum absolute atomic E-state index is 0.141. The van der Waals surface area contributed by atoms with Crippen molar-refractivity contribution in [1.82, 2.24) is 14.3 Å². The quantitative estimate of drug-likeness (QED) is 0.501. The fourth-order valence-corrected chi connectivity index (χ4v) is 7.97. The average Bonchev–Trinajstić information content (AvgIpc) is 3.47. The van der Waals surface area contributed by atoms with Crippen LogP contribution >= 0.6 is 22.9 Å². The number of thiophene rings is 1. The first-order valence-electron chi connectivity index (χ1n) is 12.3. The zero-order valence-electron chi connectivity index (χ0n) is 19.8. The van der Waals surface area contributed by atoms with Crippen LogP contribution in [0.1, 0.15) is 22.7 Å². The largest absolute Gasteiger partial charge is 0.437 e. The van der Waals surface area contributed by atoms with E-state index in [-0.39, 0.29) is 9.92 Å². The van der Waals surface area contributed by atoms with Gasteiger partial charge in [0.1, 0.15) is 30.2 Å². The monoisotopic (exact) mass is 551 g/mol. The number of nitrogens with one attached hydrogen (secondary N) is 1. The molecular weight excluding hydrogens is 524 g/mol. The number of hydrogen-bond donors (Lipinski definition) is 1. The number of rotatable bonds is 6. The topological polar surface area (TPSA) is 95.3 Å². The summed E-state index contributed by atoms with van der Waals surface area (Å²) in [4.78, 5) is 13.5. The predicted molar refractivity (Wildman–Crippen MR) is 136 cm³/mol. The highest BCUT2D eigenvalue weighted by Crippen LogP contribution is 2.42. The lowest BCUT2D eigenvalue weighted by atomic mass is 10.2. The van der Waals surface area contributed by atoms with Gasteiger partial charge in [0.2, 0.25) is 15.9 Å². The van der Waals surface area contributed by atoms with Gasteiger partial charge in [-0.3, -0.25) is 0 Å². The van der Waals surface area contributed by atoms with Gasteiger partial charge in [0.15, 0.2) is 5.82 Å². The molecular formula is C24H28ClN4O5S2+. The molecule has 0 amide bonds. The maximum absolute atomic E-state index is 13.1. The average molecular weight is 552 g/mol. The molecule has 3 aromatic rings. The Kier molecular flexibility index (Phi) is 6.89. The summed E-state index contributed by atoms with van der Waals surface area (Å²) in [5, 5.41) is 1.18. The van der Waals surface area contributed by atoms with Crippen LogP contribution in [0.3, 0.4) is 0 Å². The van der Waals surface area contributed by atoms with Crippen LogP contribution in [0.5, 0.6) is 11.6 Å². The number of aryl methyl sites for hydroxylation is 2. The van der Waals surface area contributed by atoms with Gasteiger partial charge in [-0.2, -0.15) is 9.29 Å². The lowest BCUT2D eigenvalue weighted by Gasteiger charge is -2.26. The molecule has 2 saturated heterocycles. The van der Waals surface area contributed by atoms with Gasteiger partial charge in [0, 0.05) is 18.0 Å². The SMILES string of the molecule is O=S(=O)(c1ccc(Oc2nc(C[NH+]3CCOCC3)nc3sc4c(c23)CCC4)c(Cl)c1)N1CCOCC1. The number of fused-ring (bicyclic) bond motifs is 3. The number of ether oxygens (including phenoxy) is 3. The van der Waals surface area contributed by atoms with Gasteiger partial charge in [-0.1, -0.05) is 11.6 Å². The number of sulfonamides is 1. The molecule has 1 N–H and O–H groups in total. The van der Waals surface area contributed by atoms with Crippen molar-refractivity contribution in [1.29, 1.82) is 0 Å². The smallest absolute Gasteiger partial charge is 0.243 e. The molecule has 2 aromatic heterocycles. The first kappa shape index (κ1) is 24.5. The lowest BCUT2D eigenvalue weighted by Crippen LogP contribution is -3.12. The van der Waals surface area contributed by atoms with Crippen molar-refractivity contribution >= 4 is 43.2 Å². The predicted octanol–water partition coefficient (Wildman–Crippen LogP) is 2.06. The van der Waals surface area contributed by atoms with Gasteiger partial charge in [-0.15, -0.1) is 11.3 Å². The van der Waals surface area contributed by atoms with Crippen molar-refractivity contribution < 1.29 is 27.5 Å². The van der Waals surface area contributed by atoms with Gasteiger partial charge < -0.3 is 19.1 Å². The summed E-state index contributed by atoms with van der Waals surface area (Å²) in [5.41, 5.74) is 1.26. The summed E-state index contributed by atoms with van der Waals surface area (Å²) in [5.74, 6) is 1.60. The van der Waals surface area contributed by atoms with E-state index in [0.29, 0.717) is 44.5 Å². The Bertz CT molecular complexity index is 1380. The van der Waals surface area contributed by atoms with Gasteiger partial charge >= 0.3 is 0 Å². The number of hydrogen-bond acceptors (Lipinski definition) is 8. The Morgan fingerprint density at radius 2 is 1.86 bits per heavy atom. The zero-order valence-corrected chi connectivity index (χ0v) is 22.2. The molecule has 1 aliphatic carbocycles. The zero-order chi connectivity index (χ0) is 24.7. The number of benzene rings is 1. The van der Waals surface area contributed by atoms with Gasteiger partial charge in [0.05, 0.1) is 41.7 Å². The van der Waals surface area contributed by atoms with E-state index in [9.17, 15) is 8.42 Å². The molecule has 2 aliphatic heterocycles. The van der Waals surface area contributed by atoms with Crippen LogP contribution in [-0.2, 0) is 38.9 Å². The van der Waals surface area contributed by atoms with Gasteiger partial charge in [-0.05, 0) is 43.0 Å². The Balaban J connectivity index is 1.33. The van der Waals surface area contributed by atoms with E-state index in [1.165, 1.54) is 25.7 Å². The Morgan fingerprint density at radius 3 is 2.64 bits per heavy atom. The summed E-state index contributed by atoms with van der Waals surface area (Å²) in [6.45, 7) is 5.44. The number of morpholine rings is 2. The van der Waals surface area contributed by atoms with E-state index in [1.807, 2.05) is 0 Å². The second-order valence-electron chi connectivity index (χ2n) is 9.23. The van der Waals surface area contributed by atoms with Gasteiger partial charge in [0.25, 0.3) is 0 Å². The van der Waals surface area contributed by atoms with E-state index >= 15 is 0 Å². The van der Waals surface area contributed by atoms with E-state index < -0.39 is 10.0 Å². The molecule has 0 radical (unpaired) electrons. The third-order valence-corrected chi connectivity index (χ3v) is 10.3. The van der Waals surface area contributed by atoms with Crippen LogP contribution in [0.15, 0.2) is 23.1 Å². The highest BCUT2D eigenvalue weighted by molar-refractivity contribution is 7.89. The highest BCUT2D eigenvalue weighted by Gasteiger charge is 2.28. The van der Waals surface area contributed by atoms with Crippen LogP contribution in [0.25, 0.3) is 10.2 Å². The molecule has 0 bridgehead atoms. The summed E-state index contributed by atoms with van der Waals surface area (Å²) in [6.07, 6.45) is 3.15. The molecule has 0 saturated carbocycles. The van der Waals surface area contributed by atoms with Crippen molar-refractivity contribution in [2.45, 2.75) is 30.7 Å². The van der Waals surface area contributed by atoms with Crippen molar-refractivity contribution in [2.24, 2.45) is 0 Å². The van der Waals surface area contributed by atoms with E-state index in [4.69, 9.17) is 35.8 Å². The molecule has 2 fully saturated rings. The van der Waals surface area contributed by atoms with Crippen molar-refractivity contribution in [3.8, 4) is 11.6 Å². The second-order valence-corrected chi connectivity index (χ2v) is 12.7. The standard InChI is InChI=1S/C24H27ClN4O5S2/c25-18-14-16(36(30,31)29-8-12-33-13-9-29)4-5-19(18)34-23-22-17-2-1-3-20(17)35-24(22)27-21(26-23)15-28-6-10-32-11-7-28/h4-5,14H,1-3,6-13,15H2/p+1. The number of nitrogens with zero attached hydrogens (tertiary/aromatic N) is 3. The normalized spacial score (nSPS) is 19.6.